The van der Waals surface area contributed by atoms with E-state index in [1.807, 2.05) is 26.0 Å². The molecule has 0 bridgehead atoms. The smallest absolute Gasteiger partial charge is 0.255 e. The molecule has 5 nitrogen and oxygen atoms in total. The number of hydrogen-bond acceptors (Lipinski definition) is 5. The number of nitrogens with two attached hydrogens (primary N) is 1. The van der Waals surface area contributed by atoms with Crippen LogP contribution in [0.15, 0.2) is 36.4 Å². The Morgan fingerprint density at radius 3 is 2.74 bits per heavy atom. The lowest BCUT2D eigenvalue weighted by atomic mass is 10.1. The van der Waals surface area contributed by atoms with Crippen molar-refractivity contribution in [3.63, 3.8) is 0 Å². The summed E-state index contributed by atoms with van der Waals surface area (Å²) in [6.07, 6.45) is 0. The monoisotopic (exact) mass is 327 g/mol. The second kappa shape index (κ2) is 6.26. The first kappa shape index (κ1) is 15.3. The van der Waals surface area contributed by atoms with E-state index in [4.69, 9.17) is 10.5 Å². The fourth-order valence-corrected chi connectivity index (χ4v) is 3.21. The minimum atomic E-state index is -0.163. The van der Waals surface area contributed by atoms with Gasteiger partial charge in [-0.2, -0.15) is 0 Å². The van der Waals surface area contributed by atoms with Gasteiger partial charge in [0.05, 0.1) is 16.8 Å². The van der Waals surface area contributed by atoms with Crippen molar-refractivity contribution in [2.75, 3.05) is 17.7 Å². The lowest BCUT2D eigenvalue weighted by molar-refractivity contribution is 0.102. The highest BCUT2D eigenvalue weighted by molar-refractivity contribution is 7.22. The van der Waals surface area contributed by atoms with Crippen molar-refractivity contribution in [2.24, 2.45) is 0 Å². The van der Waals surface area contributed by atoms with E-state index in [9.17, 15) is 4.79 Å². The van der Waals surface area contributed by atoms with Gasteiger partial charge in [0.25, 0.3) is 5.91 Å². The molecule has 1 aromatic heterocycles. The molecule has 0 unspecified atom stereocenters. The molecular formula is C17H17N3O2S. The average molecular weight is 327 g/mol. The molecular weight excluding hydrogens is 310 g/mol. The number of carbonyl (C=O) groups excluding carboxylic acids is 1. The molecule has 0 radical (unpaired) electrons. The molecule has 0 aliphatic rings. The number of carbonyl (C=O) groups is 1. The largest absolute Gasteiger partial charge is 0.494 e. The summed E-state index contributed by atoms with van der Waals surface area (Å²) in [7, 11) is 0. The first-order valence-corrected chi connectivity index (χ1v) is 8.09. The van der Waals surface area contributed by atoms with Crippen LogP contribution >= 0.6 is 11.3 Å². The van der Waals surface area contributed by atoms with Crippen molar-refractivity contribution in [3.05, 3.63) is 47.5 Å². The summed E-state index contributed by atoms with van der Waals surface area (Å²) in [5.41, 5.74) is 8.93. The second-order valence-electron chi connectivity index (χ2n) is 5.10. The van der Waals surface area contributed by atoms with Crippen molar-refractivity contribution in [3.8, 4) is 5.75 Å². The lowest BCUT2D eigenvalue weighted by Gasteiger charge is -2.08. The number of aryl methyl sites for hydroxylation is 1. The maximum atomic E-state index is 12.3. The summed E-state index contributed by atoms with van der Waals surface area (Å²) in [6.45, 7) is 4.47. The van der Waals surface area contributed by atoms with Crippen LogP contribution in [0.1, 0.15) is 22.8 Å². The zero-order chi connectivity index (χ0) is 16.4. The van der Waals surface area contributed by atoms with Crippen LogP contribution in [-0.4, -0.2) is 17.5 Å². The molecule has 0 saturated heterocycles. The highest BCUT2D eigenvalue weighted by atomic mass is 32.1. The van der Waals surface area contributed by atoms with Gasteiger partial charge in [0.15, 0.2) is 5.13 Å². The number of thiazole rings is 1. The minimum absolute atomic E-state index is 0.163. The Morgan fingerprint density at radius 2 is 2.04 bits per heavy atom. The molecule has 23 heavy (non-hydrogen) atoms. The summed E-state index contributed by atoms with van der Waals surface area (Å²) < 4.78 is 6.34. The zero-order valence-corrected chi connectivity index (χ0v) is 13.7. The molecule has 118 valence electrons. The Labute approximate surface area is 138 Å². The van der Waals surface area contributed by atoms with Gasteiger partial charge in [0.2, 0.25) is 0 Å². The van der Waals surface area contributed by atoms with Gasteiger partial charge in [0.1, 0.15) is 5.75 Å². The molecule has 0 spiro atoms. The Bertz CT molecular complexity index is 856. The van der Waals surface area contributed by atoms with Crippen LogP contribution in [0.2, 0.25) is 0 Å². The molecule has 1 heterocycles. The highest BCUT2D eigenvalue weighted by Gasteiger charge is 2.10. The van der Waals surface area contributed by atoms with Crippen molar-refractivity contribution in [2.45, 2.75) is 13.8 Å². The number of nitrogens with one attached hydrogen (secondary N) is 1. The van der Waals surface area contributed by atoms with Gasteiger partial charge >= 0.3 is 0 Å². The fourth-order valence-electron chi connectivity index (χ4n) is 2.36. The molecule has 6 heteroatoms. The molecule has 1 amide bonds. The Morgan fingerprint density at radius 1 is 1.30 bits per heavy atom. The molecule has 0 atom stereocenters. The molecule has 0 fully saturated rings. The number of aromatic nitrogens is 1. The number of nitrogens with zero attached hydrogens (tertiary/aromatic N) is 1. The first-order valence-electron chi connectivity index (χ1n) is 7.27. The van der Waals surface area contributed by atoms with E-state index >= 15 is 0 Å². The fraction of sp³-hybridized carbons (Fsp3) is 0.176. The van der Waals surface area contributed by atoms with Gasteiger partial charge in [-0.25, -0.2) is 4.98 Å². The van der Waals surface area contributed by atoms with Crippen molar-refractivity contribution >= 4 is 38.3 Å². The molecule has 3 rings (SSSR count). The normalized spacial score (nSPS) is 10.7. The van der Waals surface area contributed by atoms with Crippen LogP contribution in [0.25, 0.3) is 10.2 Å². The topological polar surface area (TPSA) is 77.2 Å². The van der Waals surface area contributed by atoms with E-state index in [1.54, 1.807) is 24.3 Å². The molecule has 3 N–H and O–H groups in total. The van der Waals surface area contributed by atoms with Crippen LogP contribution in [0.3, 0.4) is 0 Å². The van der Waals surface area contributed by atoms with Gasteiger partial charge < -0.3 is 15.8 Å². The summed E-state index contributed by atoms with van der Waals surface area (Å²) in [5.74, 6) is 0.589. The summed E-state index contributed by atoms with van der Waals surface area (Å²) in [6, 6.07) is 10.9. The average Bonchev–Trinajstić information content (AvgIpc) is 2.89. The number of nitrogen functional groups attached to an aromatic ring is 1. The van der Waals surface area contributed by atoms with E-state index in [-0.39, 0.29) is 5.91 Å². The second-order valence-corrected chi connectivity index (χ2v) is 6.17. The van der Waals surface area contributed by atoms with Gasteiger partial charge in [-0.15, -0.1) is 0 Å². The van der Waals surface area contributed by atoms with Crippen molar-refractivity contribution < 1.29 is 9.53 Å². The number of amides is 1. The van der Waals surface area contributed by atoms with E-state index < -0.39 is 0 Å². The zero-order valence-electron chi connectivity index (χ0n) is 12.9. The predicted molar refractivity (Wildman–Crippen MR) is 94.3 cm³/mol. The Hall–Kier alpha value is -2.60. The quantitative estimate of drug-likeness (QED) is 0.763. The van der Waals surface area contributed by atoms with Crippen LogP contribution in [0.4, 0.5) is 10.8 Å². The standard InChI is InChI=1S/C17H17N3O2S/c1-3-22-13-6-4-11(5-7-13)16(21)19-12-8-10(2)15-14(9-12)23-17(18)20-15/h4-9H,3H2,1-2H3,(H2,18,20)(H,19,21). The molecule has 0 aliphatic heterocycles. The van der Waals surface area contributed by atoms with Gasteiger partial charge in [-0.05, 0) is 55.8 Å². The van der Waals surface area contributed by atoms with Crippen molar-refractivity contribution in [1.29, 1.82) is 0 Å². The number of hydrogen-bond donors (Lipinski definition) is 2. The summed E-state index contributed by atoms with van der Waals surface area (Å²) >= 11 is 1.41. The number of benzene rings is 2. The molecule has 0 saturated carbocycles. The van der Waals surface area contributed by atoms with E-state index in [0.29, 0.717) is 17.3 Å². The third-order valence-corrected chi connectivity index (χ3v) is 4.22. The third-order valence-electron chi connectivity index (χ3n) is 3.39. The van der Waals surface area contributed by atoms with E-state index in [1.165, 1.54) is 11.3 Å². The molecule has 3 aromatic rings. The number of ether oxygens (including phenoxy) is 1. The molecule has 0 aliphatic carbocycles. The van der Waals surface area contributed by atoms with Gasteiger partial charge in [-0.3, -0.25) is 4.79 Å². The molecule has 2 aromatic carbocycles. The maximum Gasteiger partial charge on any atom is 0.255 e. The SMILES string of the molecule is CCOc1ccc(C(=O)Nc2cc(C)c3nc(N)sc3c2)cc1. The van der Waals surface area contributed by atoms with Crippen LogP contribution < -0.4 is 15.8 Å². The van der Waals surface area contributed by atoms with E-state index in [0.717, 1.165) is 27.2 Å². The summed E-state index contributed by atoms with van der Waals surface area (Å²) in [5, 5.41) is 3.44. The number of rotatable bonds is 4. The van der Waals surface area contributed by atoms with Gasteiger partial charge in [-0.1, -0.05) is 11.3 Å². The number of fused-ring (bicyclic) bond motifs is 1. The highest BCUT2D eigenvalue weighted by Crippen LogP contribution is 2.29. The Balaban J connectivity index is 1.82. The van der Waals surface area contributed by atoms with Gasteiger partial charge in [0, 0.05) is 11.3 Å². The van der Waals surface area contributed by atoms with Crippen molar-refractivity contribution in [1.82, 2.24) is 4.98 Å². The third kappa shape index (κ3) is 3.27. The lowest BCUT2D eigenvalue weighted by Crippen LogP contribution is -2.11. The van der Waals surface area contributed by atoms with Crippen LogP contribution in [-0.2, 0) is 0 Å². The van der Waals surface area contributed by atoms with Crippen LogP contribution in [0.5, 0.6) is 5.75 Å². The number of anilines is 2. The Kier molecular flexibility index (Phi) is 4.16. The summed E-state index contributed by atoms with van der Waals surface area (Å²) in [4.78, 5) is 16.6. The minimum Gasteiger partial charge on any atom is -0.494 e. The maximum absolute atomic E-state index is 12.3. The van der Waals surface area contributed by atoms with Crippen LogP contribution in [0, 0.1) is 6.92 Å². The predicted octanol–water partition coefficient (Wildman–Crippen LogP) is 3.84. The first-order chi connectivity index (χ1) is 11.1. The van der Waals surface area contributed by atoms with E-state index in [2.05, 4.69) is 10.3 Å².